The van der Waals surface area contributed by atoms with E-state index in [1.807, 2.05) is 39.0 Å². The van der Waals surface area contributed by atoms with Gasteiger partial charge in [-0.2, -0.15) is 0 Å². The summed E-state index contributed by atoms with van der Waals surface area (Å²) in [5.41, 5.74) is 7.57. The van der Waals surface area contributed by atoms with Gasteiger partial charge in [-0.3, -0.25) is 4.79 Å². The molecule has 1 aromatic carbocycles. The van der Waals surface area contributed by atoms with Crippen LogP contribution in [0.1, 0.15) is 25.0 Å². The van der Waals surface area contributed by atoms with Crippen LogP contribution >= 0.6 is 0 Å². The molecule has 0 saturated heterocycles. The van der Waals surface area contributed by atoms with Crippen LogP contribution in [-0.2, 0) is 11.2 Å². The first-order chi connectivity index (χ1) is 9.06. The molecule has 0 aliphatic heterocycles. The minimum Gasteiger partial charge on any atom is -0.494 e. The highest BCUT2D eigenvalue weighted by Crippen LogP contribution is 2.19. The van der Waals surface area contributed by atoms with E-state index < -0.39 is 0 Å². The first kappa shape index (κ1) is 15.5. The lowest BCUT2D eigenvalue weighted by molar-refractivity contribution is -0.120. The molecule has 0 aliphatic carbocycles. The topological polar surface area (TPSA) is 64.3 Å². The summed E-state index contributed by atoms with van der Waals surface area (Å²) >= 11 is 0. The maximum absolute atomic E-state index is 11.8. The van der Waals surface area contributed by atoms with Crippen molar-refractivity contribution in [2.45, 2.75) is 27.2 Å². The molecular weight excluding hydrogens is 240 g/mol. The monoisotopic (exact) mass is 264 g/mol. The van der Waals surface area contributed by atoms with Gasteiger partial charge in [0.15, 0.2) is 0 Å². The molecule has 1 atom stereocenters. The van der Waals surface area contributed by atoms with E-state index in [-0.39, 0.29) is 5.91 Å². The number of ether oxygens (including phenoxy) is 1. The molecule has 0 radical (unpaired) electrons. The van der Waals surface area contributed by atoms with Gasteiger partial charge in [-0.05, 0) is 43.5 Å². The molecule has 0 bridgehead atoms. The van der Waals surface area contributed by atoms with Crippen molar-refractivity contribution in [3.05, 3.63) is 29.3 Å². The minimum atomic E-state index is 0.0314. The van der Waals surface area contributed by atoms with Crippen molar-refractivity contribution in [2.75, 3.05) is 19.7 Å². The van der Waals surface area contributed by atoms with Gasteiger partial charge in [-0.1, -0.05) is 19.1 Å². The number of hydrogen-bond donors (Lipinski definition) is 2. The maximum atomic E-state index is 11.8. The lowest BCUT2D eigenvalue weighted by Crippen LogP contribution is -2.32. The van der Waals surface area contributed by atoms with Gasteiger partial charge >= 0.3 is 0 Å². The van der Waals surface area contributed by atoms with Gasteiger partial charge in [0, 0.05) is 6.54 Å². The fraction of sp³-hybridized carbons (Fsp3) is 0.533. The highest BCUT2D eigenvalue weighted by Gasteiger charge is 2.07. The molecule has 0 heterocycles. The molecule has 0 aromatic heterocycles. The lowest BCUT2D eigenvalue weighted by Gasteiger charge is -2.11. The first-order valence-electron chi connectivity index (χ1n) is 6.75. The molecule has 106 valence electrons. The van der Waals surface area contributed by atoms with E-state index in [1.54, 1.807) is 0 Å². The van der Waals surface area contributed by atoms with Crippen molar-refractivity contribution in [1.82, 2.24) is 5.32 Å². The number of carbonyl (C=O) groups is 1. The molecule has 0 saturated carbocycles. The molecule has 3 N–H and O–H groups in total. The number of aryl methyl sites for hydroxylation is 1. The van der Waals surface area contributed by atoms with Gasteiger partial charge in [0.05, 0.1) is 13.0 Å². The largest absolute Gasteiger partial charge is 0.494 e. The molecule has 4 heteroatoms. The molecular formula is C15H24N2O2. The Morgan fingerprint density at radius 3 is 2.79 bits per heavy atom. The molecule has 1 amide bonds. The number of amides is 1. The van der Waals surface area contributed by atoms with Crippen LogP contribution in [0.2, 0.25) is 0 Å². The zero-order valence-electron chi connectivity index (χ0n) is 12.0. The van der Waals surface area contributed by atoms with Crippen molar-refractivity contribution in [1.29, 1.82) is 0 Å². The van der Waals surface area contributed by atoms with Crippen LogP contribution in [0.4, 0.5) is 0 Å². The van der Waals surface area contributed by atoms with Crippen molar-refractivity contribution >= 4 is 5.91 Å². The summed E-state index contributed by atoms with van der Waals surface area (Å²) < 4.78 is 5.48. The molecule has 1 rings (SSSR count). The molecule has 1 unspecified atom stereocenters. The lowest BCUT2D eigenvalue weighted by atomic mass is 10.1. The number of hydrogen-bond acceptors (Lipinski definition) is 3. The molecule has 4 nitrogen and oxygen atoms in total. The maximum Gasteiger partial charge on any atom is 0.224 e. The highest BCUT2D eigenvalue weighted by molar-refractivity contribution is 5.78. The van der Waals surface area contributed by atoms with Crippen LogP contribution in [0.25, 0.3) is 0 Å². The molecule has 0 spiro atoms. The van der Waals surface area contributed by atoms with Crippen molar-refractivity contribution in [3.63, 3.8) is 0 Å². The summed E-state index contributed by atoms with van der Waals surface area (Å²) in [5, 5.41) is 2.89. The Morgan fingerprint density at radius 2 is 2.21 bits per heavy atom. The predicted molar refractivity (Wildman–Crippen MR) is 77.3 cm³/mol. The SMILES string of the molecule is CCOc1ccc(CC(=O)NCC(C)CN)cc1C. The zero-order chi connectivity index (χ0) is 14.3. The van der Waals surface area contributed by atoms with Gasteiger partial charge in [-0.25, -0.2) is 0 Å². The molecule has 0 fully saturated rings. The van der Waals surface area contributed by atoms with Crippen LogP contribution in [0.3, 0.4) is 0 Å². The molecule has 1 aromatic rings. The molecule has 19 heavy (non-hydrogen) atoms. The normalized spacial score (nSPS) is 12.0. The second-order valence-corrected chi connectivity index (χ2v) is 4.85. The Kier molecular flexibility index (Phi) is 6.36. The van der Waals surface area contributed by atoms with Crippen LogP contribution in [0, 0.1) is 12.8 Å². The number of benzene rings is 1. The number of nitrogens with one attached hydrogen (secondary N) is 1. The van der Waals surface area contributed by atoms with E-state index in [2.05, 4.69) is 5.32 Å². The Labute approximate surface area is 115 Å². The second kappa shape index (κ2) is 7.79. The van der Waals surface area contributed by atoms with Gasteiger partial charge in [-0.15, -0.1) is 0 Å². The quantitative estimate of drug-likeness (QED) is 0.787. The van der Waals surface area contributed by atoms with Crippen LogP contribution < -0.4 is 15.8 Å². The third-order valence-electron chi connectivity index (χ3n) is 2.95. The fourth-order valence-electron chi connectivity index (χ4n) is 1.76. The summed E-state index contributed by atoms with van der Waals surface area (Å²) in [7, 11) is 0. The van der Waals surface area contributed by atoms with E-state index >= 15 is 0 Å². The van der Waals surface area contributed by atoms with E-state index in [1.165, 1.54) is 0 Å². The van der Waals surface area contributed by atoms with Gasteiger partial charge in [0.1, 0.15) is 5.75 Å². The van der Waals surface area contributed by atoms with Gasteiger partial charge < -0.3 is 15.8 Å². The Hall–Kier alpha value is -1.55. The molecule has 0 aliphatic rings. The third kappa shape index (κ3) is 5.30. The zero-order valence-corrected chi connectivity index (χ0v) is 12.0. The predicted octanol–water partition coefficient (Wildman–Crippen LogP) is 1.65. The average Bonchev–Trinajstić information content (AvgIpc) is 2.39. The third-order valence-corrected chi connectivity index (χ3v) is 2.95. The van der Waals surface area contributed by atoms with Gasteiger partial charge in [0.2, 0.25) is 5.91 Å². The van der Waals surface area contributed by atoms with Crippen molar-refractivity contribution < 1.29 is 9.53 Å². The van der Waals surface area contributed by atoms with Crippen molar-refractivity contribution in [3.8, 4) is 5.75 Å². The van der Waals surface area contributed by atoms with Crippen LogP contribution in [0.15, 0.2) is 18.2 Å². The Balaban J connectivity index is 2.53. The van der Waals surface area contributed by atoms with E-state index in [4.69, 9.17) is 10.5 Å². The summed E-state index contributed by atoms with van der Waals surface area (Å²) in [4.78, 5) is 11.8. The van der Waals surface area contributed by atoms with Crippen LogP contribution in [-0.4, -0.2) is 25.6 Å². The first-order valence-corrected chi connectivity index (χ1v) is 6.75. The van der Waals surface area contributed by atoms with Crippen molar-refractivity contribution in [2.24, 2.45) is 11.7 Å². The Morgan fingerprint density at radius 1 is 1.47 bits per heavy atom. The number of rotatable bonds is 7. The van der Waals surface area contributed by atoms with Gasteiger partial charge in [0.25, 0.3) is 0 Å². The smallest absolute Gasteiger partial charge is 0.224 e. The second-order valence-electron chi connectivity index (χ2n) is 4.85. The summed E-state index contributed by atoms with van der Waals surface area (Å²) in [5.74, 6) is 1.22. The summed E-state index contributed by atoms with van der Waals surface area (Å²) in [6.07, 6.45) is 0.393. The highest BCUT2D eigenvalue weighted by atomic mass is 16.5. The minimum absolute atomic E-state index is 0.0314. The summed E-state index contributed by atoms with van der Waals surface area (Å²) in [6, 6.07) is 5.85. The number of nitrogens with two attached hydrogens (primary N) is 1. The Bertz CT molecular complexity index is 419. The number of carbonyl (C=O) groups excluding carboxylic acids is 1. The van der Waals surface area contributed by atoms with E-state index in [0.29, 0.717) is 32.0 Å². The average molecular weight is 264 g/mol. The standard InChI is InChI=1S/C15H24N2O2/c1-4-19-14-6-5-13(7-12(14)3)8-15(18)17-10-11(2)9-16/h5-7,11H,4,8-10,16H2,1-3H3,(H,17,18). The van der Waals surface area contributed by atoms with Crippen LogP contribution in [0.5, 0.6) is 5.75 Å². The van der Waals surface area contributed by atoms with E-state index in [9.17, 15) is 4.79 Å². The summed E-state index contributed by atoms with van der Waals surface area (Å²) in [6.45, 7) is 7.83. The van der Waals surface area contributed by atoms with E-state index in [0.717, 1.165) is 16.9 Å². The fourth-order valence-corrected chi connectivity index (χ4v) is 1.76.